The van der Waals surface area contributed by atoms with Gasteiger partial charge in [-0.15, -0.1) is 0 Å². The van der Waals surface area contributed by atoms with Crippen LogP contribution in [0.1, 0.15) is 12.8 Å². The second kappa shape index (κ2) is 6.11. The van der Waals surface area contributed by atoms with Gasteiger partial charge in [-0.05, 0) is 31.0 Å². The number of hydrogen-bond donors (Lipinski definition) is 1. The molecule has 5 heteroatoms. The number of nitrogens with one attached hydrogen (secondary N) is 1. The Balaban J connectivity index is 1.49. The SMILES string of the molecule is Clc1cc(N2CCC(N3CCOCC3)CC2)c2cc[nH]c2c1. The van der Waals surface area contributed by atoms with Crippen LogP contribution in [0.4, 0.5) is 5.69 Å². The van der Waals surface area contributed by atoms with Crippen LogP contribution in [0.2, 0.25) is 5.02 Å². The molecule has 0 amide bonds. The Labute approximate surface area is 136 Å². The van der Waals surface area contributed by atoms with Gasteiger partial charge in [-0.3, -0.25) is 4.90 Å². The molecule has 0 spiro atoms. The molecule has 2 saturated heterocycles. The van der Waals surface area contributed by atoms with Crippen LogP contribution in [0.3, 0.4) is 0 Å². The molecular weight excluding hydrogens is 298 g/mol. The van der Waals surface area contributed by atoms with Crippen LogP contribution in [-0.2, 0) is 4.74 Å². The van der Waals surface area contributed by atoms with E-state index >= 15 is 0 Å². The van der Waals surface area contributed by atoms with E-state index in [9.17, 15) is 0 Å². The molecule has 2 fully saturated rings. The Morgan fingerprint density at radius 1 is 1.09 bits per heavy atom. The number of ether oxygens (including phenoxy) is 1. The Morgan fingerprint density at radius 2 is 1.86 bits per heavy atom. The van der Waals surface area contributed by atoms with Gasteiger partial charge in [0.15, 0.2) is 0 Å². The first kappa shape index (κ1) is 14.4. The van der Waals surface area contributed by atoms with Crippen LogP contribution in [0.5, 0.6) is 0 Å². The van der Waals surface area contributed by atoms with E-state index < -0.39 is 0 Å². The van der Waals surface area contributed by atoms with Crippen molar-refractivity contribution in [3.63, 3.8) is 0 Å². The highest BCUT2D eigenvalue weighted by Gasteiger charge is 2.26. The summed E-state index contributed by atoms with van der Waals surface area (Å²) < 4.78 is 5.46. The molecule has 0 atom stereocenters. The molecule has 0 bridgehead atoms. The number of halogens is 1. The van der Waals surface area contributed by atoms with E-state index in [4.69, 9.17) is 16.3 Å². The van der Waals surface area contributed by atoms with Gasteiger partial charge in [-0.25, -0.2) is 0 Å². The minimum absolute atomic E-state index is 0.709. The molecule has 0 aliphatic carbocycles. The number of H-pyrrole nitrogens is 1. The number of nitrogens with zero attached hydrogens (tertiary/aromatic N) is 2. The summed E-state index contributed by atoms with van der Waals surface area (Å²) in [6.45, 7) is 6.15. The van der Waals surface area contributed by atoms with Gasteiger partial charge in [0, 0.05) is 60.0 Å². The third-order valence-electron chi connectivity index (χ3n) is 4.98. The molecule has 1 aromatic heterocycles. The third-order valence-corrected chi connectivity index (χ3v) is 5.20. The normalized spacial score (nSPS) is 21.6. The lowest BCUT2D eigenvalue weighted by molar-refractivity contribution is 0.0115. The summed E-state index contributed by atoms with van der Waals surface area (Å²) >= 11 is 6.28. The fourth-order valence-electron chi connectivity index (χ4n) is 3.79. The largest absolute Gasteiger partial charge is 0.379 e. The molecule has 1 N–H and O–H groups in total. The van der Waals surface area contributed by atoms with Gasteiger partial charge in [-0.1, -0.05) is 11.6 Å². The summed E-state index contributed by atoms with van der Waals surface area (Å²) in [5.74, 6) is 0. The van der Waals surface area contributed by atoms with E-state index in [1.54, 1.807) is 0 Å². The second-order valence-corrected chi connectivity index (χ2v) is 6.67. The van der Waals surface area contributed by atoms with E-state index in [0.717, 1.165) is 49.9 Å². The lowest BCUT2D eigenvalue weighted by Gasteiger charge is -2.41. The van der Waals surface area contributed by atoms with Crippen molar-refractivity contribution in [3.8, 4) is 0 Å². The number of fused-ring (bicyclic) bond motifs is 1. The quantitative estimate of drug-likeness (QED) is 0.923. The molecular formula is C17H22ClN3O. The fraction of sp³-hybridized carbons (Fsp3) is 0.529. The zero-order valence-corrected chi connectivity index (χ0v) is 13.5. The Morgan fingerprint density at radius 3 is 2.64 bits per heavy atom. The van der Waals surface area contributed by atoms with Gasteiger partial charge >= 0.3 is 0 Å². The fourth-order valence-corrected chi connectivity index (χ4v) is 4.00. The van der Waals surface area contributed by atoms with Crippen LogP contribution >= 0.6 is 11.6 Å². The monoisotopic (exact) mass is 319 g/mol. The molecule has 4 nitrogen and oxygen atoms in total. The minimum Gasteiger partial charge on any atom is -0.379 e. The van der Waals surface area contributed by atoms with Gasteiger partial charge in [0.25, 0.3) is 0 Å². The highest BCUT2D eigenvalue weighted by Crippen LogP contribution is 2.32. The number of aromatic nitrogens is 1. The van der Waals surface area contributed by atoms with Crippen molar-refractivity contribution >= 4 is 28.2 Å². The highest BCUT2D eigenvalue weighted by molar-refractivity contribution is 6.31. The molecule has 2 aliphatic heterocycles. The predicted octanol–water partition coefficient (Wildman–Crippen LogP) is 3.12. The summed E-state index contributed by atoms with van der Waals surface area (Å²) in [7, 11) is 0. The molecule has 2 aliphatic rings. The third kappa shape index (κ3) is 2.71. The minimum atomic E-state index is 0.709. The number of piperidine rings is 1. The van der Waals surface area contributed by atoms with Gasteiger partial charge in [-0.2, -0.15) is 0 Å². The van der Waals surface area contributed by atoms with Crippen molar-refractivity contribution in [2.75, 3.05) is 44.3 Å². The number of hydrogen-bond acceptors (Lipinski definition) is 3. The number of rotatable bonds is 2. The number of anilines is 1. The first-order valence-electron chi connectivity index (χ1n) is 8.14. The van der Waals surface area contributed by atoms with Gasteiger partial charge in [0.1, 0.15) is 0 Å². The van der Waals surface area contributed by atoms with E-state index in [-0.39, 0.29) is 0 Å². The standard InChI is InChI=1S/C17H22ClN3O/c18-13-11-16-15(1-4-19-16)17(12-13)21-5-2-14(3-6-21)20-7-9-22-10-8-20/h1,4,11-12,14,19H,2-3,5-10H2. The van der Waals surface area contributed by atoms with Crippen LogP contribution < -0.4 is 4.90 Å². The summed E-state index contributed by atoms with van der Waals surface area (Å²) in [6, 6.07) is 6.96. The topological polar surface area (TPSA) is 31.5 Å². The molecule has 0 radical (unpaired) electrons. The maximum absolute atomic E-state index is 6.28. The number of morpholine rings is 1. The van der Waals surface area contributed by atoms with Crippen LogP contribution in [0, 0.1) is 0 Å². The average Bonchev–Trinajstić information content (AvgIpc) is 3.03. The van der Waals surface area contributed by atoms with E-state index in [1.165, 1.54) is 23.9 Å². The van der Waals surface area contributed by atoms with Crippen molar-refractivity contribution in [2.45, 2.75) is 18.9 Å². The van der Waals surface area contributed by atoms with Crippen LogP contribution in [0.25, 0.3) is 10.9 Å². The van der Waals surface area contributed by atoms with Crippen LogP contribution in [0.15, 0.2) is 24.4 Å². The lowest BCUT2D eigenvalue weighted by Crippen LogP contribution is -2.49. The van der Waals surface area contributed by atoms with Crippen molar-refractivity contribution in [3.05, 3.63) is 29.4 Å². The molecule has 3 heterocycles. The summed E-state index contributed by atoms with van der Waals surface area (Å²) in [5, 5.41) is 2.08. The van der Waals surface area contributed by atoms with Gasteiger partial charge < -0.3 is 14.6 Å². The zero-order chi connectivity index (χ0) is 14.9. The average molecular weight is 320 g/mol. The van der Waals surface area contributed by atoms with Gasteiger partial charge in [0.2, 0.25) is 0 Å². The van der Waals surface area contributed by atoms with Crippen molar-refractivity contribution in [1.82, 2.24) is 9.88 Å². The van der Waals surface area contributed by atoms with Crippen molar-refractivity contribution < 1.29 is 4.74 Å². The molecule has 22 heavy (non-hydrogen) atoms. The summed E-state index contributed by atoms with van der Waals surface area (Å²) in [4.78, 5) is 8.35. The van der Waals surface area contributed by atoms with E-state index in [2.05, 4.69) is 26.9 Å². The molecule has 4 rings (SSSR count). The Hall–Kier alpha value is -1.23. The first-order chi connectivity index (χ1) is 10.8. The van der Waals surface area contributed by atoms with E-state index in [1.807, 2.05) is 12.3 Å². The number of aromatic amines is 1. The Bertz CT molecular complexity index is 642. The molecule has 2 aromatic rings. The molecule has 118 valence electrons. The highest BCUT2D eigenvalue weighted by atomic mass is 35.5. The van der Waals surface area contributed by atoms with Crippen molar-refractivity contribution in [1.29, 1.82) is 0 Å². The summed E-state index contributed by atoms with van der Waals surface area (Å²) in [6.07, 6.45) is 4.43. The maximum Gasteiger partial charge on any atom is 0.0594 e. The molecule has 0 unspecified atom stereocenters. The lowest BCUT2D eigenvalue weighted by atomic mass is 10.0. The first-order valence-corrected chi connectivity index (χ1v) is 8.52. The number of benzene rings is 1. The second-order valence-electron chi connectivity index (χ2n) is 6.23. The predicted molar refractivity (Wildman–Crippen MR) is 90.9 cm³/mol. The van der Waals surface area contributed by atoms with Gasteiger partial charge in [0.05, 0.1) is 13.2 Å². The smallest absolute Gasteiger partial charge is 0.0594 e. The maximum atomic E-state index is 6.28. The van der Waals surface area contributed by atoms with Crippen LogP contribution in [-0.4, -0.2) is 55.3 Å². The van der Waals surface area contributed by atoms with E-state index in [0.29, 0.717) is 6.04 Å². The molecule has 0 saturated carbocycles. The zero-order valence-electron chi connectivity index (χ0n) is 12.7. The molecule has 1 aromatic carbocycles. The Kier molecular flexibility index (Phi) is 3.99. The summed E-state index contributed by atoms with van der Waals surface area (Å²) in [5.41, 5.74) is 2.39. The van der Waals surface area contributed by atoms with Crippen molar-refractivity contribution in [2.24, 2.45) is 0 Å².